The highest BCUT2D eigenvalue weighted by Gasteiger charge is 2.33. The molecule has 0 saturated heterocycles. The topological polar surface area (TPSA) is 28.2 Å². The zero-order valence-corrected chi connectivity index (χ0v) is 13.3. The molecule has 3 unspecified atom stereocenters. The lowest BCUT2D eigenvalue weighted by Crippen LogP contribution is -2.51. The number of pyridine rings is 1. The van der Waals surface area contributed by atoms with Gasteiger partial charge in [-0.15, -0.1) is 0 Å². The minimum Gasteiger partial charge on any atom is -0.315 e. The van der Waals surface area contributed by atoms with Crippen molar-refractivity contribution in [3.8, 4) is 0 Å². The minimum absolute atomic E-state index is 0.622. The fourth-order valence-corrected chi connectivity index (χ4v) is 3.50. The van der Waals surface area contributed by atoms with E-state index in [0.29, 0.717) is 12.1 Å². The molecule has 0 aromatic carbocycles. The van der Waals surface area contributed by atoms with Crippen LogP contribution >= 0.6 is 0 Å². The average molecular weight is 275 g/mol. The van der Waals surface area contributed by atoms with Crippen molar-refractivity contribution in [3.63, 3.8) is 0 Å². The highest BCUT2D eigenvalue weighted by atomic mass is 15.2. The lowest BCUT2D eigenvalue weighted by atomic mass is 9.76. The molecule has 1 aliphatic rings. The van der Waals surface area contributed by atoms with Gasteiger partial charge in [-0.2, -0.15) is 0 Å². The second-order valence-corrected chi connectivity index (χ2v) is 6.55. The Morgan fingerprint density at radius 1 is 1.30 bits per heavy atom. The third kappa shape index (κ3) is 3.80. The van der Waals surface area contributed by atoms with Gasteiger partial charge in [0.25, 0.3) is 0 Å². The SMILES string of the molecule is CNC1CCC(C(C)C)CC1N(C)Cc1ccncc1. The van der Waals surface area contributed by atoms with Gasteiger partial charge in [-0.25, -0.2) is 0 Å². The summed E-state index contributed by atoms with van der Waals surface area (Å²) in [5, 5.41) is 3.53. The standard InChI is InChI=1S/C17H29N3/c1-13(2)15-5-6-16(18-3)17(11-15)20(4)12-14-7-9-19-10-8-14/h7-10,13,15-18H,5-6,11-12H2,1-4H3. The van der Waals surface area contributed by atoms with Crippen LogP contribution in [0.25, 0.3) is 0 Å². The lowest BCUT2D eigenvalue weighted by Gasteiger charge is -2.42. The molecule has 1 N–H and O–H groups in total. The van der Waals surface area contributed by atoms with Gasteiger partial charge in [0.2, 0.25) is 0 Å². The average Bonchev–Trinajstić information content (AvgIpc) is 2.47. The molecule has 3 atom stereocenters. The molecular weight excluding hydrogens is 246 g/mol. The second-order valence-electron chi connectivity index (χ2n) is 6.55. The summed E-state index contributed by atoms with van der Waals surface area (Å²) >= 11 is 0. The van der Waals surface area contributed by atoms with E-state index < -0.39 is 0 Å². The van der Waals surface area contributed by atoms with Gasteiger partial charge in [-0.05, 0) is 62.9 Å². The van der Waals surface area contributed by atoms with Gasteiger partial charge in [0.1, 0.15) is 0 Å². The van der Waals surface area contributed by atoms with Crippen LogP contribution in [0.2, 0.25) is 0 Å². The van der Waals surface area contributed by atoms with Crippen molar-refractivity contribution >= 4 is 0 Å². The zero-order valence-electron chi connectivity index (χ0n) is 13.3. The summed E-state index contributed by atoms with van der Waals surface area (Å²) in [6, 6.07) is 5.49. The normalized spacial score (nSPS) is 27.2. The first kappa shape index (κ1) is 15.5. The molecule has 1 heterocycles. The predicted molar refractivity (Wildman–Crippen MR) is 84.5 cm³/mol. The predicted octanol–water partition coefficient (Wildman–Crippen LogP) is 2.93. The summed E-state index contributed by atoms with van der Waals surface area (Å²) in [6.45, 7) is 5.74. The Kier molecular flexibility index (Phi) is 5.55. The highest BCUT2D eigenvalue weighted by Crippen LogP contribution is 2.32. The third-order valence-corrected chi connectivity index (χ3v) is 4.92. The number of hydrogen-bond donors (Lipinski definition) is 1. The Hall–Kier alpha value is -0.930. The van der Waals surface area contributed by atoms with E-state index in [-0.39, 0.29) is 0 Å². The van der Waals surface area contributed by atoms with Crippen molar-refractivity contribution < 1.29 is 0 Å². The zero-order chi connectivity index (χ0) is 14.5. The molecular formula is C17H29N3. The first-order valence-corrected chi connectivity index (χ1v) is 7.88. The first-order chi connectivity index (χ1) is 9.61. The molecule has 3 heteroatoms. The van der Waals surface area contributed by atoms with Crippen LogP contribution in [0.3, 0.4) is 0 Å². The van der Waals surface area contributed by atoms with Crippen LogP contribution in [0, 0.1) is 11.8 Å². The molecule has 1 aromatic heterocycles. The summed E-state index contributed by atoms with van der Waals surface area (Å²) in [6.07, 6.45) is 7.74. The van der Waals surface area contributed by atoms with Gasteiger partial charge in [0.15, 0.2) is 0 Å². The molecule has 2 rings (SSSR count). The Morgan fingerprint density at radius 2 is 2.00 bits per heavy atom. The van der Waals surface area contributed by atoms with Gasteiger partial charge < -0.3 is 5.32 Å². The molecule has 20 heavy (non-hydrogen) atoms. The molecule has 0 aliphatic heterocycles. The Balaban J connectivity index is 2.02. The van der Waals surface area contributed by atoms with Crippen LogP contribution in [0.4, 0.5) is 0 Å². The molecule has 1 fully saturated rings. The van der Waals surface area contributed by atoms with Gasteiger partial charge in [0.05, 0.1) is 0 Å². The smallest absolute Gasteiger partial charge is 0.0271 e. The highest BCUT2D eigenvalue weighted by molar-refractivity contribution is 5.09. The van der Waals surface area contributed by atoms with E-state index in [1.807, 2.05) is 12.4 Å². The molecule has 0 bridgehead atoms. The first-order valence-electron chi connectivity index (χ1n) is 7.88. The van der Waals surface area contributed by atoms with Crippen molar-refractivity contribution in [3.05, 3.63) is 30.1 Å². The van der Waals surface area contributed by atoms with Crippen LogP contribution in [-0.2, 0) is 6.54 Å². The number of aromatic nitrogens is 1. The molecule has 1 aromatic rings. The number of hydrogen-bond acceptors (Lipinski definition) is 3. The van der Waals surface area contributed by atoms with Crippen molar-refractivity contribution in [1.82, 2.24) is 15.2 Å². The van der Waals surface area contributed by atoms with E-state index in [0.717, 1.165) is 18.4 Å². The van der Waals surface area contributed by atoms with Gasteiger partial charge in [-0.3, -0.25) is 9.88 Å². The van der Waals surface area contributed by atoms with Gasteiger partial charge in [0, 0.05) is 31.0 Å². The molecule has 3 nitrogen and oxygen atoms in total. The van der Waals surface area contributed by atoms with E-state index in [2.05, 4.69) is 55.3 Å². The Bertz CT molecular complexity index is 390. The van der Waals surface area contributed by atoms with Crippen LogP contribution in [-0.4, -0.2) is 36.1 Å². The quantitative estimate of drug-likeness (QED) is 0.895. The summed E-state index contributed by atoms with van der Waals surface area (Å²) in [5.41, 5.74) is 1.35. The summed E-state index contributed by atoms with van der Waals surface area (Å²) in [7, 11) is 4.37. The summed E-state index contributed by atoms with van der Waals surface area (Å²) < 4.78 is 0. The van der Waals surface area contributed by atoms with E-state index in [9.17, 15) is 0 Å². The van der Waals surface area contributed by atoms with Crippen molar-refractivity contribution in [2.45, 2.75) is 51.7 Å². The van der Waals surface area contributed by atoms with Crippen molar-refractivity contribution in [1.29, 1.82) is 0 Å². The second kappa shape index (κ2) is 7.19. The fraction of sp³-hybridized carbons (Fsp3) is 0.706. The maximum atomic E-state index is 4.10. The molecule has 0 spiro atoms. The monoisotopic (exact) mass is 275 g/mol. The van der Waals surface area contributed by atoms with Crippen LogP contribution in [0.15, 0.2) is 24.5 Å². The Morgan fingerprint density at radius 3 is 2.60 bits per heavy atom. The van der Waals surface area contributed by atoms with E-state index in [4.69, 9.17) is 0 Å². The summed E-state index contributed by atoms with van der Waals surface area (Å²) in [4.78, 5) is 6.62. The number of likely N-dealkylation sites (N-methyl/N-ethyl adjacent to an activating group) is 2. The van der Waals surface area contributed by atoms with E-state index in [1.54, 1.807) is 0 Å². The molecule has 1 aliphatic carbocycles. The fourth-order valence-electron chi connectivity index (χ4n) is 3.50. The van der Waals surface area contributed by atoms with Crippen LogP contribution in [0.1, 0.15) is 38.7 Å². The number of nitrogens with zero attached hydrogens (tertiary/aromatic N) is 2. The molecule has 0 radical (unpaired) electrons. The van der Waals surface area contributed by atoms with Crippen LogP contribution < -0.4 is 5.32 Å². The molecule has 112 valence electrons. The minimum atomic E-state index is 0.622. The van der Waals surface area contributed by atoms with Gasteiger partial charge >= 0.3 is 0 Å². The summed E-state index contributed by atoms with van der Waals surface area (Å²) in [5.74, 6) is 1.66. The maximum Gasteiger partial charge on any atom is 0.0271 e. The number of nitrogens with one attached hydrogen (secondary N) is 1. The van der Waals surface area contributed by atoms with Crippen molar-refractivity contribution in [2.75, 3.05) is 14.1 Å². The van der Waals surface area contributed by atoms with Crippen LogP contribution in [0.5, 0.6) is 0 Å². The van der Waals surface area contributed by atoms with E-state index in [1.165, 1.54) is 24.8 Å². The largest absolute Gasteiger partial charge is 0.315 e. The molecule has 1 saturated carbocycles. The molecule has 0 amide bonds. The number of rotatable bonds is 5. The van der Waals surface area contributed by atoms with E-state index >= 15 is 0 Å². The third-order valence-electron chi connectivity index (χ3n) is 4.92. The lowest BCUT2D eigenvalue weighted by molar-refractivity contribution is 0.101. The maximum absolute atomic E-state index is 4.10. The van der Waals surface area contributed by atoms with Crippen molar-refractivity contribution in [2.24, 2.45) is 11.8 Å². The van der Waals surface area contributed by atoms with Gasteiger partial charge in [-0.1, -0.05) is 13.8 Å². The Labute approximate surface area is 123 Å².